The lowest BCUT2D eigenvalue weighted by Gasteiger charge is -2.32. The maximum absolute atomic E-state index is 13.3. The van der Waals surface area contributed by atoms with Gasteiger partial charge < -0.3 is 15.1 Å². The van der Waals surface area contributed by atoms with E-state index in [1.165, 1.54) is 11.1 Å². The lowest BCUT2D eigenvalue weighted by molar-refractivity contribution is 0.222. The van der Waals surface area contributed by atoms with Crippen molar-refractivity contribution in [3.63, 3.8) is 0 Å². The summed E-state index contributed by atoms with van der Waals surface area (Å²) in [6, 6.07) is 15.5. The second-order valence-corrected chi connectivity index (χ2v) is 9.90. The van der Waals surface area contributed by atoms with E-state index in [2.05, 4.69) is 34.3 Å². The molecular formula is C23H34IN5O2S. The average Bonchev–Trinajstić information content (AvgIpc) is 2.76. The number of nitrogens with zero attached hydrogens (tertiary/aromatic N) is 4. The van der Waals surface area contributed by atoms with Crippen molar-refractivity contribution in [1.82, 2.24) is 19.4 Å². The van der Waals surface area contributed by atoms with E-state index in [0.29, 0.717) is 31.1 Å². The van der Waals surface area contributed by atoms with Gasteiger partial charge in [0.25, 0.3) is 0 Å². The minimum absolute atomic E-state index is 0. The largest absolute Gasteiger partial charge is 0.352 e. The van der Waals surface area contributed by atoms with Gasteiger partial charge in [-0.25, -0.2) is 8.42 Å². The predicted octanol–water partition coefficient (Wildman–Crippen LogP) is 2.76. The minimum Gasteiger partial charge on any atom is -0.352 e. The fraction of sp³-hybridized carbons (Fsp3) is 0.435. The maximum Gasteiger partial charge on any atom is 0.243 e. The summed E-state index contributed by atoms with van der Waals surface area (Å²) in [5, 5.41) is 3.33. The SMILES string of the molecule is CN=C(NCc1ccccc1S(=O)(=O)N1CCN(C)CC1)N(C)Cc1ccccc1C.I. The van der Waals surface area contributed by atoms with E-state index >= 15 is 0 Å². The number of piperazine rings is 1. The van der Waals surface area contributed by atoms with E-state index in [1.54, 1.807) is 23.5 Å². The lowest BCUT2D eigenvalue weighted by Crippen LogP contribution is -2.47. The highest BCUT2D eigenvalue weighted by atomic mass is 127. The van der Waals surface area contributed by atoms with Crippen molar-refractivity contribution in [2.24, 2.45) is 4.99 Å². The van der Waals surface area contributed by atoms with Crippen molar-refractivity contribution in [1.29, 1.82) is 0 Å². The Labute approximate surface area is 209 Å². The Kier molecular flexibility index (Phi) is 9.93. The van der Waals surface area contributed by atoms with Crippen LogP contribution in [-0.4, -0.2) is 75.8 Å². The van der Waals surface area contributed by atoms with Crippen LogP contribution in [0.3, 0.4) is 0 Å². The number of halogens is 1. The average molecular weight is 572 g/mol. The molecule has 0 bridgehead atoms. The Hall–Kier alpha value is -1.69. The van der Waals surface area contributed by atoms with Crippen molar-refractivity contribution in [3.8, 4) is 0 Å². The van der Waals surface area contributed by atoms with E-state index in [0.717, 1.165) is 24.6 Å². The number of likely N-dealkylation sites (N-methyl/N-ethyl adjacent to an activating group) is 1. The van der Waals surface area contributed by atoms with Crippen LogP contribution in [0.1, 0.15) is 16.7 Å². The molecule has 0 amide bonds. The molecule has 0 atom stereocenters. The van der Waals surface area contributed by atoms with Gasteiger partial charge in [-0.1, -0.05) is 42.5 Å². The zero-order chi connectivity index (χ0) is 22.4. The second-order valence-electron chi connectivity index (χ2n) is 8.00. The van der Waals surface area contributed by atoms with Gasteiger partial charge in [0.1, 0.15) is 0 Å². The number of guanidine groups is 1. The standard InChI is InChI=1S/C23H33N5O2S.HI/c1-19-9-5-6-11-21(19)18-27(4)23(24-2)25-17-20-10-7-8-12-22(20)31(29,30)28-15-13-26(3)14-16-28;/h5-12H,13-18H2,1-4H3,(H,24,25);1H. The molecule has 0 spiro atoms. The first-order chi connectivity index (χ1) is 14.8. The summed E-state index contributed by atoms with van der Waals surface area (Å²) in [4.78, 5) is 8.94. The normalized spacial score (nSPS) is 15.8. The van der Waals surface area contributed by atoms with Gasteiger partial charge in [-0.15, -0.1) is 24.0 Å². The van der Waals surface area contributed by atoms with Crippen LogP contribution in [0.15, 0.2) is 58.4 Å². The number of sulfonamides is 1. The quantitative estimate of drug-likeness (QED) is 0.328. The number of aryl methyl sites for hydroxylation is 1. The summed E-state index contributed by atoms with van der Waals surface area (Å²) in [5.74, 6) is 0.718. The highest BCUT2D eigenvalue weighted by Gasteiger charge is 2.29. The summed E-state index contributed by atoms with van der Waals surface area (Å²) in [6.45, 7) is 5.72. The third-order valence-electron chi connectivity index (χ3n) is 5.73. The molecule has 2 aromatic rings. The second kappa shape index (κ2) is 12.0. The van der Waals surface area contributed by atoms with Gasteiger partial charge >= 0.3 is 0 Å². The van der Waals surface area contributed by atoms with Crippen molar-refractivity contribution < 1.29 is 8.42 Å². The van der Waals surface area contributed by atoms with E-state index in [9.17, 15) is 8.42 Å². The van der Waals surface area contributed by atoms with E-state index < -0.39 is 10.0 Å². The third kappa shape index (κ3) is 6.43. The Morgan fingerprint density at radius 3 is 2.25 bits per heavy atom. The van der Waals surface area contributed by atoms with Crippen molar-refractivity contribution in [2.45, 2.75) is 24.9 Å². The van der Waals surface area contributed by atoms with Crippen LogP contribution in [-0.2, 0) is 23.1 Å². The highest BCUT2D eigenvalue weighted by molar-refractivity contribution is 14.0. The molecule has 0 aliphatic carbocycles. The van der Waals surface area contributed by atoms with Crippen molar-refractivity contribution in [3.05, 3.63) is 65.2 Å². The Morgan fingerprint density at radius 1 is 1.03 bits per heavy atom. The molecule has 1 N–H and O–H groups in total. The monoisotopic (exact) mass is 571 g/mol. The van der Waals surface area contributed by atoms with Crippen molar-refractivity contribution >= 4 is 40.0 Å². The first kappa shape index (κ1) is 26.6. The molecule has 0 unspecified atom stereocenters. The Morgan fingerprint density at radius 2 is 1.62 bits per heavy atom. The molecule has 0 radical (unpaired) electrons. The third-order valence-corrected chi connectivity index (χ3v) is 7.73. The fourth-order valence-electron chi connectivity index (χ4n) is 3.75. The molecule has 1 saturated heterocycles. The number of hydrogen-bond acceptors (Lipinski definition) is 4. The highest BCUT2D eigenvalue weighted by Crippen LogP contribution is 2.21. The number of aliphatic imine (C=N–C) groups is 1. The van der Waals surface area contributed by atoms with Crippen LogP contribution in [0.25, 0.3) is 0 Å². The smallest absolute Gasteiger partial charge is 0.243 e. The van der Waals surface area contributed by atoms with Crippen LogP contribution < -0.4 is 5.32 Å². The Bertz CT molecular complexity index is 1020. The van der Waals surface area contributed by atoms with Gasteiger partial charge in [0.15, 0.2) is 5.96 Å². The van der Waals surface area contributed by atoms with Crippen LogP contribution in [0.2, 0.25) is 0 Å². The maximum atomic E-state index is 13.3. The Balaban J connectivity index is 0.00000363. The van der Waals surface area contributed by atoms with Crippen LogP contribution in [0, 0.1) is 6.92 Å². The zero-order valence-corrected chi connectivity index (χ0v) is 22.4. The molecule has 3 rings (SSSR count). The van der Waals surface area contributed by atoms with E-state index in [1.807, 2.05) is 43.3 Å². The predicted molar refractivity (Wildman–Crippen MR) is 141 cm³/mol. The molecule has 176 valence electrons. The van der Waals surface area contributed by atoms with Gasteiger partial charge in [0, 0.05) is 53.4 Å². The van der Waals surface area contributed by atoms with Gasteiger partial charge in [-0.2, -0.15) is 4.31 Å². The number of rotatable bonds is 6. The van der Waals surface area contributed by atoms with Crippen LogP contribution in [0.4, 0.5) is 0 Å². The number of benzene rings is 2. The summed E-state index contributed by atoms with van der Waals surface area (Å²) in [6.07, 6.45) is 0. The van der Waals surface area contributed by atoms with Gasteiger partial charge in [0.2, 0.25) is 10.0 Å². The number of nitrogens with one attached hydrogen (secondary N) is 1. The first-order valence-electron chi connectivity index (χ1n) is 10.6. The van der Waals surface area contributed by atoms with Gasteiger partial charge in [0.05, 0.1) is 4.90 Å². The molecule has 7 nitrogen and oxygen atoms in total. The molecule has 2 aromatic carbocycles. The molecule has 1 heterocycles. The molecule has 0 saturated carbocycles. The first-order valence-corrected chi connectivity index (χ1v) is 12.0. The number of hydrogen-bond donors (Lipinski definition) is 1. The molecule has 1 aliphatic rings. The van der Waals surface area contributed by atoms with Gasteiger partial charge in [-0.05, 0) is 36.7 Å². The van der Waals surface area contributed by atoms with Crippen LogP contribution >= 0.6 is 24.0 Å². The summed E-state index contributed by atoms with van der Waals surface area (Å²) >= 11 is 0. The van der Waals surface area contributed by atoms with E-state index in [-0.39, 0.29) is 24.0 Å². The van der Waals surface area contributed by atoms with Crippen LogP contribution in [0.5, 0.6) is 0 Å². The summed E-state index contributed by atoms with van der Waals surface area (Å²) < 4.78 is 28.1. The zero-order valence-electron chi connectivity index (χ0n) is 19.3. The fourth-order valence-corrected chi connectivity index (χ4v) is 5.39. The van der Waals surface area contributed by atoms with E-state index in [4.69, 9.17) is 0 Å². The molecule has 1 fully saturated rings. The molecule has 9 heteroatoms. The lowest BCUT2D eigenvalue weighted by atomic mass is 10.1. The summed E-state index contributed by atoms with van der Waals surface area (Å²) in [7, 11) is 2.20. The van der Waals surface area contributed by atoms with Gasteiger partial charge in [-0.3, -0.25) is 4.99 Å². The molecular weight excluding hydrogens is 537 g/mol. The molecule has 1 aliphatic heterocycles. The topological polar surface area (TPSA) is 68.2 Å². The summed E-state index contributed by atoms with van der Waals surface area (Å²) in [5.41, 5.74) is 3.20. The molecule has 0 aromatic heterocycles. The minimum atomic E-state index is -3.53. The molecule has 32 heavy (non-hydrogen) atoms. The van der Waals surface area contributed by atoms with Crippen molar-refractivity contribution in [2.75, 3.05) is 47.3 Å².